The van der Waals surface area contributed by atoms with E-state index in [4.69, 9.17) is 5.84 Å². The van der Waals surface area contributed by atoms with Crippen molar-refractivity contribution >= 4 is 39.3 Å². The smallest absolute Gasteiger partial charge is 0.239 e. The SMILES string of the molecule is Cc1ccc(C)c(Sc2nc(NN)nc3sc(C)cc23)c1. The number of thiophene rings is 1. The molecule has 6 heteroatoms. The van der Waals surface area contributed by atoms with E-state index >= 15 is 0 Å². The number of hydrogen-bond donors (Lipinski definition) is 2. The second kappa shape index (κ2) is 5.63. The summed E-state index contributed by atoms with van der Waals surface area (Å²) < 4.78 is 0. The number of nitrogens with one attached hydrogen (secondary N) is 1. The first-order valence-electron chi connectivity index (χ1n) is 6.56. The number of anilines is 1. The number of aryl methyl sites for hydroxylation is 3. The van der Waals surface area contributed by atoms with Gasteiger partial charge in [-0.3, -0.25) is 5.43 Å². The largest absolute Gasteiger partial charge is 0.292 e. The Morgan fingerprint density at radius 2 is 1.95 bits per heavy atom. The number of nitrogen functional groups attached to an aromatic ring is 1. The summed E-state index contributed by atoms with van der Waals surface area (Å²) in [6.07, 6.45) is 0. The third kappa shape index (κ3) is 2.88. The molecule has 0 aliphatic heterocycles. The zero-order valence-corrected chi connectivity index (χ0v) is 13.7. The van der Waals surface area contributed by atoms with Gasteiger partial charge in [-0.2, -0.15) is 0 Å². The minimum Gasteiger partial charge on any atom is -0.292 e. The van der Waals surface area contributed by atoms with E-state index in [1.54, 1.807) is 23.1 Å². The Labute approximate surface area is 131 Å². The summed E-state index contributed by atoms with van der Waals surface area (Å²) in [5.41, 5.74) is 5.04. The van der Waals surface area contributed by atoms with E-state index in [0.29, 0.717) is 5.95 Å². The van der Waals surface area contributed by atoms with Crippen molar-refractivity contribution in [3.8, 4) is 0 Å². The van der Waals surface area contributed by atoms with Crippen molar-refractivity contribution in [3.05, 3.63) is 40.3 Å². The van der Waals surface area contributed by atoms with Crippen LogP contribution in [-0.4, -0.2) is 9.97 Å². The zero-order chi connectivity index (χ0) is 15.0. The van der Waals surface area contributed by atoms with E-state index in [1.807, 2.05) is 0 Å². The van der Waals surface area contributed by atoms with Gasteiger partial charge in [-0.1, -0.05) is 23.9 Å². The van der Waals surface area contributed by atoms with Gasteiger partial charge in [0, 0.05) is 15.2 Å². The molecule has 0 aliphatic rings. The van der Waals surface area contributed by atoms with Crippen LogP contribution in [0.1, 0.15) is 16.0 Å². The maximum Gasteiger partial charge on any atom is 0.239 e. The summed E-state index contributed by atoms with van der Waals surface area (Å²) >= 11 is 3.31. The Balaban J connectivity index is 2.12. The number of hydrazine groups is 1. The molecule has 0 radical (unpaired) electrons. The third-order valence-electron chi connectivity index (χ3n) is 3.16. The Morgan fingerprint density at radius 3 is 2.71 bits per heavy atom. The first-order chi connectivity index (χ1) is 10.1. The molecular formula is C15H16N4S2. The molecule has 3 aromatic rings. The summed E-state index contributed by atoms with van der Waals surface area (Å²) in [4.78, 5) is 12.3. The quantitative estimate of drug-likeness (QED) is 0.433. The average molecular weight is 316 g/mol. The van der Waals surface area contributed by atoms with Crippen LogP contribution >= 0.6 is 23.1 Å². The molecule has 0 unspecified atom stereocenters. The van der Waals surface area contributed by atoms with Gasteiger partial charge in [-0.25, -0.2) is 15.8 Å². The highest BCUT2D eigenvalue weighted by Gasteiger charge is 2.12. The molecule has 2 aromatic heterocycles. The van der Waals surface area contributed by atoms with E-state index in [-0.39, 0.29) is 0 Å². The molecule has 21 heavy (non-hydrogen) atoms. The van der Waals surface area contributed by atoms with E-state index < -0.39 is 0 Å². The first-order valence-corrected chi connectivity index (χ1v) is 8.20. The molecule has 0 spiro atoms. The van der Waals surface area contributed by atoms with Crippen LogP contribution < -0.4 is 11.3 Å². The van der Waals surface area contributed by atoms with Crippen molar-refractivity contribution in [2.75, 3.05) is 5.43 Å². The number of nitrogens with two attached hydrogens (primary N) is 1. The molecule has 0 fully saturated rings. The lowest BCUT2D eigenvalue weighted by molar-refractivity contribution is 1.07. The number of hydrogen-bond acceptors (Lipinski definition) is 6. The molecule has 0 bridgehead atoms. The van der Waals surface area contributed by atoms with Crippen molar-refractivity contribution < 1.29 is 0 Å². The topological polar surface area (TPSA) is 63.8 Å². The highest BCUT2D eigenvalue weighted by atomic mass is 32.2. The third-order valence-corrected chi connectivity index (χ3v) is 5.27. The van der Waals surface area contributed by atoms with Gasteiger partial charge < -0.3 is 0 Å². The number of aromatic nitrogens is 2. The van der Waals surface area contributed by atoms with E-state index in [2.05, 4.69) is 60.4 Å². The van der Waals surface area contributed by atoms with Crippen LogP contribution in [0.5, 0.6) is 0 Å². The van der Waals surface area contributed by atoms with E-state index in [9.17, 15) is 0 Å². The fourth-order valence-electron chi connectivity index (χ4n) is 2.08. The Morgan fingerprint density at radius 1 is 1.14 bits per heavy atom. The Hall–Kier alpha value is -1.63. The lowest BCUT2D eigenvalue weighted by Gasteiger charge is -2.08. The van der Waals surface area contributed by atoms with Gasteiger partial charge in [0.15, 0.2) is 0 Å². The second-order valence-electron chi connectivity index (χ2n) is 4.94. The van der Waals surface area contributed by atoms with Gasteiger partial charge in [-0.15, -0.1) is 11.3 Å². The van der Waals surface area contributed by atoms with Gasteiger partial charge in [0.1, 0.15) is 9.86 Å². The summed E-state index contributed by atoms with van der Waals surface area (Å²) in [6.45, 7) is 6.29. The summed E-state index contributed by atoms with van der Waals surface area (Å²) in [5, 5.41) is 2.02. The number of rotatable bonds is 3. The lowest BCUT2D eigenvalue weighted by atomic mass is 10.2. The molecule has 108 valence electrons. The summed E-state index contributed by atoms with van der Waals surface area (Å²) in [7, 11) is 0. The monoisotopic (exact) mass is 316 g/mol. The van der Waals surface area contributed by atoms with Crippen molar-refractivity contribution in [1.29, 1.82) is 0 Å². The predicted octanol–water partition coefficient (Wildman–Crippen LogP) is 4.05. The van der Waals surface area contributed by atoms with Crippen molar-refractivity contribution in [1.82, 2.24) is 9.97 Å². The van der Waals surface area contributed by atoms with Crippen LogP contribution in [0, 0.1) is 20.8 Å². The van der Waals surface area contributed by atoms with Gasteiger partial charge in [0.25, 0.3) is 0 Å². The van der Waals surface area contributed by atoms with Crippen molar-refractivity contribution in [3.63, 3.8) is 0 Å². The minimum absolute atomic E-state index is 0.456. The van der Waals surface area contributed by atoms with E-state index in [0.717, 1.165) is 15.2 Å². The number of fused-ring (bicyclic) bond motifs is 1. The molecule has 0 saturated heterocycles. The minimum atomic E-state index is 0.456. The normalized spacial score (nSPS) is 11.0. The van der Waals surface area contributed by atoms with E-state index in [1.165, 1.54) is 20.9 Å². The van der Waals surface area contributed by atoms with Crippen molar-refractivity contribution in [2.24, 2.45) is 5.84 Å². The van der Waals surface area contributed by atoms with Crippen molar-refractivity contribution in [2.45, 2.75) is 30.7 Å². The van der Waals surface area contributed by atoms with Gasteiger partial charge >= 0.3 is 0 Å². The Bertz CT molecular complexity index is 811. The molecule has 3 N–H and O–H groups in total. The highest BCUT2D eigenvalue weighted by molar-refractivity contribution is 7.99. The second-order valence-corrected chi connectivity index (χ2v) is 7.21. The summed E-state index contributed by atoms with van der Waals surface area (Å²) in [6, 6.07) is 8.57. The standard InChI is InChI=1S/C15H16N4S2/c1-8-4-5-9(2)12(6-8)21-14-11-7-10(3)20-13(11)17-15(18-14)19-16/h4-7H,16H2,1-3H3,(H,17,18,19). The van der Waals surface area contributed by atoms with Crippen LogP contribution in [0.2, 0.25) is 0 Å². The molecule has 2 heterocycles. The molecular weight excluding hydrogens is 300 g/mol. The first kappa shape index (κ1) is 14.3. The maximum absolute atomic E-state index is 5.48. The van der Waals surface area contributed by atoms with Crippen LogP contribution in [0.15, 0.2) is 34.2 Å². The zero-order valence-electron chi connectivity index (χ0n) is 12.1. The highest BCUT2D eigenvalue weighted by Crippen LogP contribution is 2.37. The molecule has 0 amide bonds. The average Bonchev–Trinajstić information content (AvgIpc) is 2.83. The number of nitrogens with zero attached hydrogens (tertiary/aromatic N) is 2. The molecule has 4 nitrogen and oxygen atoms in total. The van der Waals surface area contributed by atoms with Gasteiger partial charge in [0.05, 0.1) is 0 Å². The molecule has 0 aliphatic carbocycles. The van der Waals surface area contributed by atoms with Crippen LogP contribution in [0.25, 0.3) is 10.2 Å². The fraction of sp³-hybridized carbons (Fsp3) is 0.200. The predicted molar refractivity (Wildman–Crippen MR) is 90.0 cm³/mol. The molecule has 0 atom stereocenters. The van der Waals surface area contributed by atoms with Crippen LogP contribution in [0.3, 0.4) is 0 Å². The van der Waals surface area contributed by atoms with Gasteiger partial charge in [-0.05, 0) is 44.0 Å². The maximum atomic E-state index is 5.48. The molecule has 0 saturated carbocycles. The summed E-state index contributed by atoms with van der Waals surface area (Å²) in [5.74, 6) is 5.94. The number of benzene rings is 1. The van der Waals surface area contributed by atoms with Crippen LogP contribution in [-0.2, 0) is 0 Å². The van der Waals surface area contributed by atoms with Crippen LogP contribution in [0.4, 0.5) is 5.95 Å². The van der Waals surface area contributed by atoms with Gasteiger partial charge in [0.2, 0.25) is 5.95 Å². The fourth-order valence-corrected chi connectivity index (χ4v) is 4.10. The Kier molecular flexibility index (Phi) is 3.84. The molecule has 1 aromatic carbocycles. The lowest BCUT2D eigenvalue weighted by Crippen LogP contribution is -2.10. The molecule has 3 rings (SSSR count).